The zero-order valence-electron chi connectivity index (χ0n) is 11.4. The third-order valence-electron chi connectivity index (χ3n) is 3.04. The molecule has 3 rings (SSSR count). The molecule has 6 nitrogen and oxygen atoms in total. The summed E-state index contributed by atoms with van der Waals surface area (Å²) in [7, 11) is 3.51. The minimum atomic E-state index is -0.490. The van der Waals surface area contributed by atoms with Crippen LogP contribution in [0.15, 0.2) is 24.4 Å². The predicted molar refractivity (Wildman–Crippen MR) is 88.3 cm³/mol. The SMILES string of the molecule is CNc1nc(Nc2ccc3c(c2)c(F)nn3C)ncc1I. The van der Waals surface area contributed by atoms with E-state index < -0.39 is 5.95 Å². The lowest BCUT2D eigenvalue weighted by Gasteiger charge is -2.08. The predicted octanol–water partition coefficient (Wildman–Crippen LogP) is 2.89. The summed E-state index contributed by atoms with van der Waals surface area (Å²) in [4.78, 5) is 8.54. The van der Waals surface area contributed by atoms with Gasteiger partial charge in [0.15, 0.2) is 0 Å². The van der Waals surface area contributed by atoms with Gasteiger partial charge in [-0.1, -0.05) is 0 Å². The number of aromatic nitrogens is 4. The molecule has 0 saturated heterocycles. The Morgan fingerprint density at radius 1 is 1.33 bits per heavy atom. The summed E-state index contributed by atoms with van der Waals surface area (Å²) in [5, 5.41) is 10.3. The van der Waals surface area contributed by atoms with Gasteiger partial charge < -0.3 is 10.6 Å². The van der Waals surface area contributed by atoms with Gasteiger partial charge in [-0.15, -0.1) is 5.10 Å². The van der Waals surface area contributed by atoms with Crippen LogP contribution in [-0.2, 0) is 7.05 Å². The first kappa shape index (κ1) is 14.0. The van der Waals surface area contributed by atoms with Crippen LogP contribution in [-0.4, -0.2) is 26.8 Å². The Bertz CT molecular complexity index is 816. The number of rotatable bonds is 3. The maximum absolute atomic E-state index is 13.7. The number of hydrogen-bond donors (Lipinski definition) is 2. The highest BCUT2D eigenvalue weighted by molar-refractivity contribution is 14.1. The Morgan fingerprint density at radius 2 is 2.14 bits per heavy atom. The summed E-state index contributed by atoms with van der Waals surface area (Å²) >= 11 is 2.15. The summed E-state index contributed by atoms with van der Waals surface area (Å²) in [5.41, 5.74) is 1.44. The number of aryl methyl sites for hydroxylation is 1. The van der Waals surface area contributed by atoms with E-state index in [1.165, 1.54) is 4.68 Å². The average Bonchev–Trinajstić information content (AvgIpc) is 2.76. The lowest BCUT2D eigenvalue weighted by molar-refractivity contribution is 0.562. The van der Waals surface area contributed by atoms with Gasteiger partial charge in [-0.05, 0) is 40.8 Å². The minimum absolute atomic E-state index is 0.448. The van der Waals surface area contributed by atoms with Gasteiger partial charge in [0, 0.05) is 26.0 Å². The zero-order valence-corrected chi connectivity index (χ0v) is 13.5. The second kappa shape index (κ2) is 5.43. The second-order valence-corrected chi connectivity index (χ2v) is 5.57. The molecule has 0 fully saturated rings. The van der Waals surface area contributed by atoms with Crippen LogP contribution < -0.4 is 10.6 Å². The van der Waals surface area contributed by atoms with Crippen LogP contribution >= 0.6 is 22.6 Å². The number of fused-ring (bicyclic) bond motifs is 1. The molecule has 2 aromatic heterocycles. The molecule has 2 heterocycles. The summed E-state index contributed by atoms with van der Waals surface area (Å²) in [6.45, 7) is 0. The van der Waals surface area contributed by atoms with Crippen molar-refractivity contribution in [3.63, 3.8) is 0 Å². The van der Waals surface area contributed by atoms with E-state index in [0.29, 0.717) is 17.0 Å². The number of halogens is 2. The van der Waals surface area contributed by atoms with Crippen LogP contribution in [0.2, 0.25) is 0 Å². The molecule has 1 aromatic carbocycles. The van der Waals surface area contributed by atoms with Crippen molar-refractivity contribution in [1.29, 1.82) is 0 Å². The quantitative estimate of drug-likeness (QED) is 0.665. The normalized spacial score (nSPS) is 10.9. The molecule has 2 N–H and O–H groups in total. The van der Waals surface area contributed by atoms with E-state index in [2.05, 4.69) is 48.3 Å². The fraction of sp³-hybridized carbons (Fsp3) is 0.154. The van der Waals surface area contributed by atoms with Gasteiger partial charge in [-0.2, -0.15) is 9.37 Å². The highest BCUT2D eigenvalue weighted by Crippen LogP contribution is 2.23. The standard InChI is InChI=1S/C13H12FIN6/c1-16-12-9(15)6-17-13(19-12)18-7-3-4-10-8(5-7)11(14)20-21(10)2/h3-6H,1-2H3,(H2,16,17,18,19). The van der Waals surface area contributed by atoms with Gasteiger partial charge in [-0.3, -0.25) is 4.68 Å². The monoisotopic (exact) mass is 398 g/mol. The van der Waals surface area contributed by atoms with E-state index in [0.717, 1.165) is 14.9 Å². The van der Waals surface area contributed by atoms with Gasteiger partial charge in [0.2, 0.25) is 11.9 Å². The number of hydrogen-bond acceptors (Lipinski definition) is 5. The van der Waals surface area contributed by atoms with Crippen LogP contribution in [0.1, 0.15) is 0 Å². The summed E-state index contributed by atoms with van der Waals surface area (Å²) in [5.74, 6) is 0.695. The number of nitrogens with one attached hydrogen (secondary N) is 2. The van der Waals surface area contributed by atoms with E-state index in [1.54, 1.807) is 32.4 Å². The van der Waals surface area contributed by atoms with Crippen molar-refractivity contribution in [3.05, 3.63) is 33.9 Å². The van der Waals surface area contributed by atoms with E-state index in [4.69, 9.17) is 0 Å². The van der Waals surface area contributed by atoms with E-state index in [9.17, 15) is 4.39 Å². The minimum Gasteiger partial charge on any atom is -0.372 e. The van der Waals surface area contributed by atoms with Gasteiger partial charge in [0.25, 0.3) is 0 Å². The van der Waals surface area contributed by atoms with Gasteiger partial charge >= 0.3 is 0 Å². The largest absolute Gasteiger partial charge is 0.372 e. The average molecular weight is 398 g/mol. The Labute approximate surface area is 133 Å². The molecule has 0 saturated carbocycles. The van der Waals surface area contributed by atoms with Crippen molar-refractivity contribution in [2.45, 2.75) is 0 Å². The van der Waals surface area contributed by atoms with Gasteiger partial charge in [0.1, 0.15) is 5.82 Å². The lowest BCUT2D eigenvalue weighted by Crippen LogP contribution is -2.02. The van der Waals surface area contributed by atoms with Crippen LogP contribution in [0, 0.1) is 9.52 Å². The van der Waals surface area contributed by atoms with E-state index in [-0.39, 0.29) is 0 Å². The first-order valence-electron chi connectivity index (χ1n) is 6.18. The van der Waals surface area contributed by atoms with Crippen LogP contribution in [0.5, 0.6) is 0 Å². The summed E-state index contributed by atoms with van der Waals surface area (Å²) in [6, 6.07) is 5.33. The Morgan fingerprint density at radius 3 is 2.90 bits per heavy atom. The van der Waals surface area contributed by atoms with E-state index in [1.807, 2.05) is 6.07 Å². The lowest BCUT2D eigenvalue weighted by atomic mass is 10.2. The highest BCUT2D eigenvalue weighted by Gasteiger charge is 2.09. The first-order valence-corrected chi connectivity index (χ1v) is 7.26. The molecule has 3 aromatic rings. The van der Waals surface area contributed by atoms with Crippen molar-refractivity contribution >= 4 is 50.9 Å². The molecule has 0 atom stereocenters. The molecule has 108 valence electrons. The molecule has 0 aliphatic carbocycles. The second-order valence-electron chi connectivity index (χ2n) is 4.41. The maximum atomic E-state index is 13.7. The fourth-order valence-corrected chi connectivity index (χ4v) is 2.56. The fourth-order valence-electron chi connectivity index (χ4n) is 2.03. The molecule has 0 aliphatic rings. The van der Waals surface area contributed by atoms with Crippen LogP contribution in [0.4, 0.5) is 21.8 Å². The van der Waals surface area contributed by atoms with E-state index >= 15 is 0 Å². The van der Waals surface area contributed by atoms with Gasteiger partial charge in [-0.25, -0.2) is 4.98 Å². The topological polar surface area (TPSA) is 67.7 Å². The highest BCUT2D eigenvalue weighted by atomic mass is 127. The summed E-state index contributed by atoms with van der Waals surface area (Å²) < 4.78 is 16.1. The number of nitrogens with zero attached hydrogens (tertiary/aromatic N) is 4. The van der Waals surface area contributed by atoms with Gasteiger partial charge in [0.05, 0.1) is 14.5 Å². The molecule has 0 bridgehead atoms. The molecular weight excluding hydrogens is 386 g/mol. The molecule has 0 spiro atoms. The van der Waals surface area contributed by atoms with Crippen molar-refractivity contribution in [2.75, 3.05) is 17.7 Å². The number of anilines is 3. The van der Waals surface area contributed by atoms with Crippen LogP contribution in [0.25, 0.3) is 10.9 Å². The van der Waals surface area contributed by atoms with Crippen molar-refractivity contribution in [3.8, 4) is 0 Å². The molecule has 0 unspecified atom stereocenters. The third kappa shape index (κ3) is 2.62. The smallest absolute Gasteiger partial charge is 0.240 e. The number of benzene rings is 1. The van der Waals surface area contributed by atoms with Crippen molar-refractivity contribution < 1.29 is 4.39 Å². The molecular formula is C13H12FIN6. The van der Waals surface area contributed by atoms with Crippen LogP contribution in [0.3, 0.4) is 0 Å². The van der Waals surface area contributed by atoms with Crippen molar-refractivity contribution in [2.24, 2.45) is 7.05 Å². The Kier molecular flexibility index (Phi) is 3.62. The molecule has 0 aliphatic heterocycles. The van der Waals surface area contributed by atoms with Crippen molar-refractivity contribution in [1.82, 2.24) is 19.7 Å². The molecule has 21 heavy (non-hydrogen) atoms. The summed E-state index contributed by atoms with van der Waals surface area (Å²) in [6.07, 6.45) is 1.71. The Balaban J connectivity index is 1.96. The molecule has 0 radical (unpaired) electrons. The molecule has 8 heteroatoms. The zero-order chi connectivity index (χ0) is 15.0. The maximum Gasteiger partial charge on any atom is 0.240 e. The first-order chi connectivity index (χ1) is 10.1. The Hall–Kier alpha value is -1.97. The third-order valence-corrected chi connectivity index (χ3v) is 3.83. The molecule has 0 amide bonds.